The van der Waals surface area contributed by atoms with Crippen LogP contribution in [0, 0.1) is 30.1 Å². The van der Waals surface area contributed by atoms with Gasteiger partial charge in [-0.05, 0) is 70.7 Å². The molecule has 32 heteroatoms. The second-order valence-electron chi connectivity index (χ2n) is 20.4. The Morgan fingerprint density at radius 1 is 0.762 bits per heavy atom. The number of imidazole rings is 2. The Balaban J connectivity index is 0.000000241. The second kappa shape index (κ2) is 26.4. The first-order valence-corrected chi connectivity index (χ1v) is 30.9. The summed E-state index contributed by atoms with van der Waals surface area (Å²) in [5.41, 5.74) is 3.12. The van der Waals surface area contributed by atoms with Gasteiger partial charge in [0.15, 0.2) is 8.67 Å². The fourth-order valence-corrected chi connectivity index (χ4v) is 14.1. The van der Waals surface area contributed by atoms with E-state index >= 15 is 0 Å². The van der Waals surface area contributed by atoms with E-state index in [2.05, 4.69) is 30.1 Å². The third-order valence-electron chi connectivity index (χ3n) is 13.8. The molecule has 2 aromatic carbocycles. The largest absolute Gasteiger partial charge is 0.424 e. The summed E-state index contributed by atoms with van der Waals surface area (Å²) in [4.78, 5) is 84.6. The molecule has 10 atom stereocenters. The number of alkyl halides is 4. The maximum atomic E-state index is 14.1. The molecule has 2 aliphatic heterocycles. The number of halogens is 4. The van der Waals surface area contributed by atoms with Gasteiger partial charge in [-0.2, -0.15) is 10.4 Å². The topological polar surface area (TPSA) is 374 Å². The summed E-state index contributed by atoms with van der Waals surface area (Å²) in [5.74, 6) is -1.53. The summed E-state index contributed by atoms with van der Waals surface area (Å²) < 4.78 is 61.3. The lowest BCUT2D eigenvalue weighted by Gasteiger charge is -2.29. The monoisotopic (exact) mass is 1280 g/mol. The van der Waals surface area contributed by atoms with E-state index in [0.717, 1.165) is 15.2 Å². The van der Waals surface area contributed by atoms with Gasteiger partial charge in [0.1, 0.15) is 82.7 Å². The maximum absolute atomic E-state index is 14.1. The van der Waals surface area contributed by atoms with Crippen molar-refractivity contribution in [2.75, 3.05) is 31.3 Å². The number of aromatic nitrogens is 8. The van der Waals surface area contributed by atoms with E-state index < -0.39 is 96.1 Å². The third-order valence-corrected chi connectivity index (χ3v) is 19.6. The van der Waals surface area contributed by atoms with E-state index in [9.17, 15) is 53.4 Å². The Labute approximate surface area is 499 Å². The van der Waals surface area contributed by atoms with Gasteiger partial charge in [0.2, 0.25) is 22.8 Å². The zero-order chi connectivity index (χ0) is 61.9. The van der Waals surface area contributed by atoms with Crippen LogP contribution in [0.3, 0.4) is 0 Å². The zero-order valence-electron chi connectivity index (χ0n) is 46.2. The van der Waals surface area contributed by atoms with Crippen LogP contribution in [0.1, 0.15) is 88.8 Å². The molecule has 0 bridgehead atoms. The van der Waals surface area contributed by atoms with Gasteiger partial charge < -0.3 is 49.0 Å². The molecule has 26 nitrogen and oxygen atoms in total. The molecule has 6 aromatic rings. The van der Waals surface area contributed by atoms with Crippen molar-refractivity contribution in [2.45, 2.75) is 119 Å². The van der Waals surface area contributed by atoms with Gasteiger partial charge in [-0.1, -0.05) is 96.6 Å². The minimum absolute atomic E-state index is 0.0227. The molecule has 4 aromatic heterocycles. The van der Waals surface area contributed by atoms with Crippen LogP contribution in [0.15, 0.2) is 70.5 Å². The molecule has 6 N–H and O–H groups in total. The van der Waals surface area contributed by atoms with Crippen LogP contribution in [0.4, 0.5) is 5.95 Å². The molecule has 0 radical (unpaired) electrons. The highest BCUT2D eigenvalue weighted by molar-refractivity contribution is 7.54. The summed E-state index contributed by atoms with van der Waals surface area (Å²) in [5, 5.41) is 40.6. The van der Waals surface area contributed by atoms with Gasteiger partial charge >= 0.3 is 15.2 Å². The Bertz CT molecular complexity index is 3740. The van der Waals surface area contributed by atoms with Gasteiger partial charge in [0.05, 0.1) is 43.6 Å². The maximum Gasteiger partial charge on any atom is 0.380 e. The number of H-pyrrole nitrogens is 2. The van der Waals surface area contributed by atoms with E-state index in [1.165, 1.54) is 40.8 Å². The Kier molecular flexibility index (Phi) is 20.6. The number of ether oxygens (including phenoxy) is 2. The number of aliphatic hydroxyl groups is 2. The van der Waals surface area contributed by atoms with Crippen molar-refractivity contribution >= 4 is 102 Å². The van der Waals surface area contributed by atoms with Crippen LogP contribution in [0.5, 0.6) is 11.5 Å². The number of para-hydroxylation sites is 2. The van der Waals surface area contributed by atoms with Crippen LogP contribution in [-0.4, -0.2) is 131 Å². The lowest BCUT2D eigenvalue weighted by atomic mass is 9.95. The van der Waals surface area contributed by atoms with Crippen LogP contribution < -0.4 is 25.9 Å². The van der Waals surface area contributed by atoms with E-state index in [1.54, 1.807) is 62.4 Å². The predicted molar refractivity (Wildman–Crippen MR) is 306 cm³/mol. The van der Waals surface area contributed by atoms with Crippen molar-refractivity contribution in [2.24, 2.45) is 11.8 Å². The molecule has 2 fully saturated rings. The number of ketones is 4. The van der Waals surface area contributed by atoms with Crippen molar-refractivity contribution in [1.82, 2.24) is 39.2 Å². The molecular formula is C52H60Cl4N10O16P2. The highest BCUT2D eigenvalue weighted by atomic mass is 35.5. The molecule has 84 heavy (non-hydrogen) atoms. The summed E-state index contributed by atoms with van der Waals surface area (Å²) in [6, 6.07) is 15.3. The van der Waals surface area contributed by atoms with Crippen LogP contribution in [0.2, 0.25) is 0 Å². The lowest BCUT2D eigenvalue weighted by molar-refractivity contribution is -0.120. The minimum Gasteiger partial charge on any atom is -0.424 e. The standard InChI is InChI=1S/C27H30Cl2N5O8P.C25H30Cl2N5O8P/c1-15(17(3)36)13-43(39,42-20-8-6-5-7-19(20)10-9-16(2)35)40-12-21-23(37)27(28,29)26(14-30,41-21)22-11-31-24-25(38)32-18(4)33-34(22)24;1-13(15(3)34)12-41(37,40-18-7-5-4-6-16(18)9-8-14(2)33)38-11-19-20(35)25(26,27)21(39-19)17-10-29-22-23(36)30-24(28)31-32(17)22/h5-8,11,15,21,23,37H,9-10,12-13H2,1-4H3,(H,32,33,38);4-7,10,13,19-21,35H,8-9,11-12H2,1-3H3,(H3,28,30,31,36)/t15-,21-,23+,26+,43?;13-,19-,20+,21+,41?/m11/s1. The summed E-state index contributed by atoms with van der Waals surface area (Å²) in [6.45, 7) is 9.19. The normalized spacial score (nSPS) is 22.9. The van der Waals surface area contributed by atoms with Gasteiger partial charge in [-0.3, -0.25) is 33.2 Å². The number of aliphatic hydroxyl groups excluding tert-OH is 2. The van der Waals surface area contributed by atoms with Crippen molar-refractivity contribution in [3.05, 3.63) is 110 Å². The van der Waals surface area contributed by atoms with E-state index in [-0.39, 0.29) is 94.3 Å². The number of nitrogens with zero attached hydrogens (tertiary/aromatic N) is 7. The zero-order valence-corrected chi connectivity index (χ0v) is 51.0. The van der Waals surface area contributed by atoms with Crippen molar-refractivity contribution < 1.29 is 66.1 Å². The number of fused-ring (bicyclic) bond motifs is 2. The Morgan fingerprint density at radius 3 is 1.76 bits per heavy atom. The van der Waals surface area contributed by atoms with Gasteiger partial charge in [0.25, 0.3) is 11.1 Å². The van der Waals surface area contributed by atoms with Crippen molar-refractivity contribution in [3.8, 4) is 17.6 Å². The van der Waals surface area contributed by atoms with E-state index in [1.807, 2.05) is 6.07 Å². The molecule has 2 unspecified atom stereocenters. The average Bonchev–Trinajstić information content (AvgIpc) is 1.76. The first-order valence-electron chi connectivity index (χ1n) is 25.9. The highest BCUT2D eigenvalue weighted by Crippen LogP contribution is 2.57. The van der Waals surface area contributed by atoms with Gasteiger partial charge in [0, 0.05) is 24.7 Å². The number of aromatic amines is 2. The minimum atomic E-state index is -4.15. The Morgan fingerprint density at radius 2 is 1.25 bits per heavy atom. The Hall–Kier alpha value is -5.91. The number of carbonyl (C=O) groups is 4. The first kappa shape index (κ1) is 65.6. The summed E-state index contributed by atoms with van der Waals surface area (Å²) >= 11 is 26.2. The number of hydrogen-bond donors (Lipinski definition) is 5. The third kappa shape index (κ3) is 14.3. The average molecular weight is 1280 g/mol. The van der Waals surface area contributed by atoms with Gasteiger partial charge in [-0.25, -0.2) is 28.1 Å². The lowest BCUT2D eigenvalue weighted by Crippen LogP contribution is -2.46. The fraction of sp³-hybridized carbons (Fsp3) is 0.481. The molecule has 6 heterocycles. The molecule has 452 valence electrons. The number of nitrogens with one attached hydrogen (secondary N) is 2. The number of carbonyl (C=O) groups excluding carboxylic acids is 4. The van der Waals surface area contributed by atoms with Crippen molar-refractivity contribution in [3.63, 3.8) is 0 Å². The molecule has 0 spiro atoms. The molecule has 2 aliphatic rings. The number of nitrogen functional groups attached to an aromatic ring is 1. The van der Waals surface area contributed by atoms with Crippen molar-refractivity contribution in [1.29, 1.82) is 5.26 Å². The SMILES string of the molecule is CC(=O)CCc1ccccc1OP(=O)(C[C@@H](C)C(C)=O)OC[C@H]1O[C@@H](c2cnc3c(=O)[nH]c(N)nn23)C(Cl)(Cl)[C@H]1O.CC(=O)CCc1ccccc1OP(=O)(C[C@@H](C)C(C)=O)OC[C@H]1O[C@@](C#N)(c2cnc3c(=O)[nH]c(C)nn23)C(Cl)(Cl)[C@H]1O. The number of benzene rings is 2. The van der Waals surface area contributed by atoms with Gasteiger partial charge in [-0.15, -0.1) is 5.10 Å². The summed E-state index contributed by atoms with van der Waals surface area (Å²) in [7, 11) is -8.20. The number of aryl methyl sites for hydroxylation is 3. The predicted octanol–water partition coefficient (Wildman–Crippen LogP) is 6.42. The number of hydrogen-bond acceptors (Lipinski definition) is 22. The molecule has 0 amide bonds. The van der Waals surface area contributed by atoms with Crippen LogP contribution in [-0.2, 0) is 65.3 Å². The molecule has 2 saturated heterocycles. The quantitative estimate of drug-likeness (QED) is 0.0322. The highest BCUT2D eigenvalue weighted by Gasteiger charge is 2.68. The summed E-state index contributed by atoms with van der Waals surface area (Å²) in [6.07, 6.45) is -4.25. The fourth-order valence-electron chi connectivity index (χ4n) is 8.86. The number of anilines is 1. The molecule has 0 aliphatic carbocycles. The number of rotatable bonds is 24. The number of nitrogens with two attached hydrogens (primary N) is 1. The molecular weight excluding hydrogens is 1220 g/mol. The number of nitriles is 1. The van der Waals surface area contributed by atoms with Crippen LogP contribution >= 0.6 is 61.6 Å². The van der Waals surface area contributed by atoms with E-state index in [0.29, 0.717) is 24.0 Å². The number of Topliss-reactive ketones (excluding diaryl/α,β-unsaturated/α-hetero) is 4. The van der Waals surface area contributed by atoms with Crippen LogP contribution in [0.25, 0.3) is 11.3 Å². The second-order valence-corrected chi connectivity index (χ2v) is 27.3. The molecule has 8 rings (SSSR count). The first-order chi connectivity index (χ1) is 39.4. The smallest absolute Gasteiger partial charge is 0.380 e. The molecule has 0 saturated carbocycles. The van der Waals surface area contributed by atoms with E-state index in [4.69, 9.17) is 79.7 Å².